The first-order valence-electron chi connectivity index (χ1n) is 12.9. The number of nitrogens with one attached hydrogen (secondary N) is 1. The van der Waals surface area contributed by atoms with Crippen LogP contribution < -0.4 is 20.9 Å². The highest BCUT2D eigenvalue weighted by atomic mass is 19.3. The van der Waals surface area contributed by atoms with E-state index in [0.717, 1.165) is 42.9 Å². The van der Waals surface area contributed by atoms with E-state index in [9.17, 15) is 13.6 Å². The zero-order chi connectivity index (χ0) is 24.6. The molecule has 2 saturated heterocycles. The van der Waals surface area contributed by atoms with Gasteiger partial charge in [0.2, 0.25) is 0 Å². The zero-order valence-corrected chi connectivity index (χ0v) is 20.5. The SMILES string of the molecule is CCCc1ccc(C(=O)Nc2ccc(N)cc2N2CCC3(CC2)CC3)nc1N1CCC(F)(F)CC1. The van der Waals surface area contributed by atoms with Gasteiger partial charge in [0, 0.05) is 44.7 Å². The summed E-state index contributed by atoms with van der Waals surface area (Å²) in [5, 5.41) is 3.05. The Morgan fingerprint density at radius 3 is 2.34 bits per heavy atom. The molecule has 1 aromatic carbocycles. The van der Waals surface area contributed by atoms with Gasteiger partial charge in [-0.1, -0.05) is 19.4 Å². The summed E-state index contributed by atoms with van der Waals surface area (Å²) in [6, 6.07) is 9.22. The molecule has 1 amide bonds. The highest BCUT2D eigenvalue weighted by Gasteiger charge is 2.44. The number of rotatable bonds is 6. The van der Waals surface area contributed by atoms with Crippen molar-refractivity contribution in [2.24, 2.45) is 5.41 Å². The van der Waals surface area contributed by atoms with Crippen LogP contribution in [0.4, 0.5) is 31.7 Å². The van der Waals surface area contributed by atoms with Crippen molar-refractivity contribution in [3.8, 4) is 0 Å². The molecule has 188 valence electrons. The Kier molecular flexibility index (Phi) is 6.32. The molecule has 8 heteroatoms. The Morgan fingerprint density at radius 1 is 1.00 bits per heavy atom. The molecular weight excluding hydrogens is 448 g/mol. The van der Waals surface area contributed by atoms with E-state index < -0.39 is 5.92 Å². The number of pyridine rings is 1. The van der Waals surface area contributed by atoms with Crippen molar-refractivity contribution in [1.29, 1.82) is 0 Å². The van der Waals surface area contributed by atoms with E-state index in [1.807, 2.05) is 23.1 Å². The lowest BCUT2D eigenvalue weighted by atomic mass is 9.93. The number of aryl methyl sites for hydroxylation is 1. The predicted molar refractivity (Wildman–Crippen MR) is 137 cm³/mol. The third-order valence-corrected chi connectivity index (χ3v) is 7.89. The van der Waals surface area contributed by atoms with Gasteiger partial charge >= 0.3 is 0 Å². The van der Waals surface area contributed by atoms with Crippen LogP contribution in [0.1, 0.15) is 67.9 Å². The van der Waals surface area contributed by atoms with Crippen LogP contribution in [0.25, 0.3) is 0 Å². The third-order valence-electron chi connectivity index (χ3n) is 7.89. The van der Waals surface area contributed by atoms with Crippen LogP contribution in [0.5, 0.6) is 0 Å². The van der Waals surface area contributed by atoms with E-state index >= 15 is 0 Å². The van der Waals surface area contributed by atoms with Crippen molar-refractivity contribution in [2.45, 2.75) is 64.2 Å². The third kappa shape index (κ3) is 5.21. The van der Waals surface area contributed by atoms with Gasteiger partial charge in [0.25, 0.3) is 11.8 Å². The first-order valence-corrected chi connectivity index (χ1v) is 12.9. The van der Waals surface area contributed by atoms with E-state index in [2.05, 4.69) is 22.1 Å². The van der Waals surface area contributed by atoms with Gasteiger partial charge in [-0.25, -0.2) is 13.8 Å². The number of aromatic nitrogens is 1. The maximum absolute atomic E-state index is 13.7. The molecule has 6 nitrogen and oxygen atoms in total. The number of halogens is 2. The molecule has 1 aromatic heterocycles. The number of piperidine rings is 2. The lowest BCUT2D eigenvalue weighted by Gasteiger charge is -2.35. The summed E-state index contributed by atoms with van der Waals surface area (Å²) >= 11 is 0. The van der Waals surface area contributed by atoms with E-state index in [4.69, 9.17) is 5.73 Å². The monoisotopic (exact) mass is 483 g/mol. The first-order chi connectivity index (χ1) is 16.8. The molecule has 0 bridgehead atoms. The van der Waals surface area contributed by atoms with Crippen molar-refractivity contribution in [2.75, 3.05) is 47.0 Å². The normalized spacial score (nSPS) is 20.7. The van der Waals surface area contributed by atoms with Gasteiger partial charge in [-0.2, -0.15) is 0 Å². The molecular formula is C27H35F2N5O. The number of nitrogen functional groups attached to an aromatic ring is 1. The molecule has 3 aliphatic rings. The maximum Gasteiger partial charge on any atom is 0.274 e. The van der Waals surface area contributed by atoms with Gasteiger partial charge in [-0.3, -0.25) is 4.79 Å². The standard InChI is InChI=1S/C27H35F2N5O/c1-2-3-19-4-6-22(31-24(19)34-16-12-27(28,29)13-17-34)25(35)32-21-7-5-20(30)18-23(21)33-14-10-26(8-9-26)11-15-33/h4-7,18H,2-3,8-17,30H2,1H3,(H,32,35). The molecule has 1 spiro atoms. The predicted octanol–water partition coefficient (Wildman–Crippen LogP) is 5.48. The summed E-state index contributed by atoms with van der Waals surface area (Å²) in [6.45, 7) is 4.46. The summed E-state index contributed by atoms with van der Waals surface area (Å²) < 4.78 is 27.5. The molecule has 3 heterocycles. The number of benzene rings is 1. The molecule has 0 atom stereocenters. The summed E-state index contributed by atoms with van der Waals surface area (Å²) in [7, 11) is 0. The number of carbonyl (C=O) groups is 1. The number of anilines is 4. The van der Waals surface area contributed by atoms with Crippen LogP contribution in [-0.4, -0.2) is 43.0 Å². The van der Waals surface area contributed by atoms with Gasteiger partial charge in [0.05, 0.1) is 11.4 Å². The minimum absolute atomic E-state index is 0.192. The van der Waals surface area contributed by atoms with Crippen LogP contribution in [-0.2, 0) is 6.42 Å². The molecule has 0 unspecified atom stereocenters. The Bertz CT molecular complexity index is 1080. The van der Waals surface area contributed by atoms with Gasteiger partial charge < -0.3 is 20.9 Å². The van der Waals surface area contributed by atoms with Crippen molar-refractivity contribution in [3.05, 3.63) is 41.6 Å². The highest BCUT2D eigenvalue weighted by Crippen LogP contribution is 2.54. The van der Waals surface area contributed by atoms with Crippen LogP contribution in [0, 0.1) is 5.41 Å². The van der Waals surface area contributed by atoms with Gasteiger partial charge in [0.15, 0.2) is 0 Å². The number of alkyl halides is 2. The van der Waals surface area contributed by atoms with E-state index in [-0.39, 0.29) is 37.5 Å². The summed E-state index contributed by atoms with van der Waals surface area (Å²) in [6.07, 6.45) is 6.33. The topological polar surface area (TPSA) is 74.5 Å². The molecule has 3 N–H and O–H groups in total. The van der Waals surface area contributed by atoms with Crippen LogP contribution in [0.3, 0.4) is 0 Å². The number of amides is 1. The summed E-state index contributed by atoms with van der Waals surface area (Å²) in [5.74, 6) is -2.29. The van der Waals surface area contributed by atoms with Gasteiger partial charge in [-0.05, 0) is 67.3 Å². The summed E-state index contributed by atoms with van der Waals surface area (Å²) in [5.41, 5.74) is 10.3. The molecule has 35 heavy (non-hydrogen) atoms. The van der Waals surface area contributed by atoms with Gasteiger partial charge in [-0.15, -0.1) is 0 Å². The Morgan fingerprint density at radius 2 is 1.69 bits per heavy atom. The number of carbonyl (C=O) groups excluding carboxylic acids is 1. The minimum Gasteiger partial charge on any atom is -0.399 e. The van der Waals surface area contributed by atoms with E-state index in [1.54, 1.807) is 12.1 Å². The molecule has 0 radical (unpaired) electrons. The number of hydrogen-bond acceptors (Lipinski definition) is 5. The average Bonchev–Trinajstić information content (AvgIpc) is 3.60. The highest BCUT2D eigenvalue weighted by molar-refractivity contribution is 6.05. The van der Waals surface area contributed by atoms with E-state index in [0.29, 0.717) is 16.9 Å². The fourth-order valence-electron chi connectivity index (χ4n) is 5.39. The molecule has 5 rings (SSSR count). The fraction of sp³-hybridized carbons (Fsp3) is 0.556. The number of hydrogen-bond donors (Lipinski definition) is 2. The van der Waals surface area contributed by atoms with Crippen molar-refractivity contribution >= 4 is 28.8 Å². The fourth-order valence-corrected chi connectivity index (χ4v) is 5.39. The lowest BCUT2D eigenvalue weighted by molar-refractivity contribution is -0.0221. The Balaban J connectivity index is 1.36. The largest absolute Gasteiger partial charge is 0.399 e. The molecule has 2 aliphatic heterocycles. The van der Waals surface area contributed by atoms with Crippen LogP contribution >= 0.6 is 0 Å². The van der Waals surface area contributed by atoms with Crippen LogP contribution in [0.15, 0.2) is 30.3 Å². The smallest absolute Gasteiger partial charge is 0.274 e. The van der Waals surface area contributed by atoms with Crippen molar-refractivity contribution in [3.63, 3.8) is 0 Å². The van der Waals surface area contributed by atoms with Crippen LogP contribution in [0.2, 0.25) is 0 Å². The molecule has 2 aromatic rings. The average molecular weight is 484 g/mol. The van der Waals surface area contributed by atoms with Gasteiger partial charge in [0.1, 0.15) is 11.5 Å². The Labute approximate surface area is 205 Å². The maximum atomic E-state index is 13.7. The van der Waals surface area contributed by atoms with E-state index in [1.165, 1.54) is 25.7 Å². The quantitative estimate of drug-likeness (QED) is 0.532. The Hall–Kier alpha value is -2.90. The molecule has 1 saturated carbocycles. The van der Waals surface area contributed by atoms with Crippen molar-refractivity contribution < 1.29 is 13.6 Å². The second kappa shape index (κ2) is 9.28. The lowest BCUT2D eigenvalue weighted by Crippen LogP contribution is -2.40. The zero-order valence-electron chi connectivity index (χ0n) is 20.5. The van der Waals surface area contributed by atoms with Crippen molar-refractivity contribution in [1.82, 2.24) is 4.98 Å². The summed E-state index contributed by atoms with van der Waals surface area (Å²) in [4.78, 5) is 22.2. The number of nitrogens with two attached hydrogens (primary N) is 1. The number of nitrogens with zero attached hydrogens (tertiary/aromatic N) is 3. The second-order valence-corrected chi connectivity index (χ2v) is 10.5. The minimum atomic E-state index is -2.63. The molecule has 1 aliphatic carbocycles. The first kappa shape index (κ1) is 23.8. The second-order valence-electron chi connectivity index (χ2n) is 10.5. The molecule has 3 fully saturated rings.